The van der Waals surface area contributed by atoms with Gasteiger partial charge in [-0.1, -0.05) is 54.6 Å². The second kappa shape index (κ2) is 5.49. The van der Waals surface area contributed by atoms with E-state index in [0.717, 1.165) is 0 Å². The minimum absolute atomic E-state index is 1.20. The number of hydrogen-bond acceptors (Lipinski definition) is 0. The Labute approximate surface area is 163 Å². The number of aromatic nitrogens is 2. The maximum absolute atomic E-state index is 3.72. The molecular weight excluding hydrogens is 340 g/mol. The summed E-state index contributed by atoms with van der Waals surface area (Å²) >= 11 is 0. The van der Waals surface area contributed by atoms with Gasteiger partial charge in [-0.25, -0.2) is 0 Å². The lowest BCUT2D eigenvalue weighted by atomic mass is 10.0. The predicted molar refractivity (Wildman–Crippen MR) is 120 cm³/mol. The molecule has 0 unspecified atom stereocenters. The lowest BCUT2D eigenvalue weighted by Gasteiger charge is -2.09. The van der Waals surface area contributed by atoms with Gasteiger partial charge in [0.1, 0.15) is 0 Å². The van der Waals surface area contributed by atoms with Crippen LogP contribution in [0.2, 0.25) is 0 Å². The summed E-state index contributed by atoms with van der Waals surface area (Å²) in [6.45, 7) is 4.39. The van der Waals surface area contributed by atoms with Gasteiger partial charge in [-0.3, -0.25) is 0 Å². The zero-order chi connectivity index (χ0) is 18.8. The molecule has 0 aliphatic heterocycles. The smallest absolute Gasteiger partial charge is 0.0641 e. The topological polar surface area (TPSA) is 20.7 Å². The molecule has 2 aromatic heterocycles. The van der Waals surface area contributed by atoms with Gasteiger partial charge in [-0.05, 0) is 49.2 Å². The first-order chi connectivity index (χ1) is 13.7. The molecule has 28 heavy (non-hydrogen) atoms. The number of aromatic amines is 1. The van der Waals surface area contributed by atoms with Crippen LogP contribution in [0.3, 0.4) is 0 Å². The predicted octanol–water partition coefficient (Wildman–Crippen LogP) is 7.04. The van der Waals surface area contributed by atoms with Crippen LogP contribution in [0.1, 0.15) is 11.1 Å². The van der Waals surface area contributed by atoms with Gasteiger partial charge in [0.25, 0.3) is 0 Å². The summed E-state index contributed by atoms with van der Waals surface area (Å²) in [5.41, 5.74) is 8.76. The summed E-state index contributed by atoms with van der Waals surface area (Å²) in [6, 6.07) is 28.3. The van der Waals surface area contributed by atoms with Crippen LogP contribution in [0.25, 0.3) is 49.3 Å². The van der Waals surface area contributed by atoms with Crippen molar-refractivity contribution < 1.29 is 0 Å². The first-order valence-electron chi connectivity index (χ1n) is 9.73. The Balaban J connectivity index is 1.98. The number of aryl methyl sites for hydroxylation is 2. The third-order valence-electron chi connectivity index (χ3n) is 5.96. The van der Waals surface area contributed by atoms with Crippen molar-refractivity contribution in [1.82, 2.24) is 9.55 Å². The Bertz CT molecular complexity index is 1510. The normalized spacial score (nSPS) is 11.9. The quantitative estimate of drug-likeness (QED) is 0.325. The second-order valence-corrected chi connectivity index (χ2v) is 7.65. The standard InChI is InChI=1S/C26H20N2/c1-16-9-8-13-20-23-25(27-24(16)20)17(2)15-21-19-12-6-7-14-22(19)28(26(21)23)18-10-4-3-5-11-18/h3-15,27H,1-2H3. The molecule has 6 rings (SSSR count). The molecule has 0 saturated carbocycles. The largest absolute Gasteiger partial charge is 0.354 e. The van der Waals surface area contributed by atoms with Crippen LogP contribution in [-0.4, -0.2) is 9.55 Å². The zero-order valence-electron chi connectivity index (χ0n) is 16.0. The van der Waals surface area contributed by atoms with Crippen molar-refractivity contribution in [2.45, 2.75) is 13.8 Å². The Morgan fingerprint density at radius 3 is 2.25 bits per heavy atom. The van der Waals surface area contributed by atoms with Crippen LogP contribution in [0.5, 0.6) is 0 Å². The minimum atomic E-state index is 1.20. The monoisotopic (exact) mass is 360 g/mol. The highest BCUT2D eigenvalue weighted by atomic mass is 15.0. The maximum atomic E-state index is 3.72. The van der Waals surface area contributed by atoms with Gasteiger partial charge >= 0.3 is 0 Å². The van der Waals surface area contributed by atoms with Crippen molar-refractivity contribution in [1.29, 1.82) is 0 Å². The minimum Gasteiger partial charge on any atom is -0.354 e. The molecule has 1 N–H and O–H groups in total. The number of benzene rings is 4. The molecule has 0 fully saturated rings. The highest BCUT2D eigenvalue weighted by molar-refractivity contribution is 6.26. The number of H-pyrrole nitrogens is 1. The molecule has 2 heterocycles. The molecule has 4 aromatic carbocycles. The summed E-state index contributed by atoms with van der Waals surface area (Å²) in [5, 5.41) is 5.22. The van der Waals surface area contributed by atoms with Gasteiger partial charge in [-0.2, -0.15) is 0 Å². The molecule has 2 nitrogen and oxygen atoms in total. The summed E-state index contributed by atoms with van der Waals surface area (Å²) in [4.78, 5) is 3.72. The van der Waals surface area contributed by atoms with Crippen LogP contribution in [0.4, 0.5) is 0 Å². The fourth-order valence-corrected chi connectivity index (χ4v) is 4.70. The molecule has 0 saturated heterocycles. The summed E-state index contributed by atoms with van der Waals surface area (Å²) in [5.74, 6) is 0. The average Bonchev–Trinajstić information content (AvgIpc) is 3.27. The SMILES string of the molecule is Cc1cccc2c1[nH]c1c(C)cc3c4ccccc4n(-c4ccccc4)c3c12. The van der Waals surface area contributed by atoms with Crippen molar-refractivity contribution in [3.63, 3.8) is 0 Å². The van der Waals surface area contributed by atoms with E-state index >= 15 is 0 Å². The van der Waals surface area contributed by atoms with Gasteiger partial charge in [0.15, 0.2) is 0 Å². The van der Waals surface area contributed by atoms with E-state index < -0.39 is 0 Å². The van der Waals surface area contributed by atoms with Crippen molar-refractivity contribution >= 4 is 43.6 Å². The van der Waals surface area contributed by atoms with Crippen LogP contribution in [0.15, 0.2) is 78.9 Å². The number of hydrogen-bond donors (Lipinski definition) is 1. The number of fused-ring (bicyclic) bond motifs is 7. The molecule has 0 amide bonds. The molecule has 0 aliphatic carbocycles. The molecule has 6 aromatic rings. The van der Waals surface area contributed by atoms with E-state index in [1.54, 1.807) is 0 Å². The van der Waals surface area contributed by atoms with Gasteiger partial charge in [0.2, 0.25) is 0 Å². The van der Waals surface area contributed by atoms with Crippen molar-refractivity contribution in [2.24, 2.45) is 0 Å². The third-order valence-corrected chi connectivity index (χ3v) is 5.96. The van der Waals surface area contributed by atoms with Crippen LogP contribution >= 0.6 is 0 Å². The molecule has 134 valence electrons. The van der Waals surface area contributed by atoms with Gasteiger partial charge in [0.05, 0.1) is 16.6 Å². The van der Waals surface area contributed by atoms with E-state index in [1.165, 1.54) is 60.4 Å². The summed E-state index contributed by atoms with van der Waals surface area (Å²) in [6.07, 6.45) is 0. The van der Waals surface area contributed by atoms with Crippen molar-refractivity contribution in [3.8, 4) is 5.69 Å². The Hall–Kier alpha value is -3.52. The highest BCUT2D eigenvalue weighted by Gasteiger charge is 2.19. The van der Waals surface area contributed by atoms with E-state index in [9.17, 15) is 0 Å². The summed E-state index contributed by atoms with van der Waals surface area (Å²) < 4.78 is 2.42. The van der Waals surface area contributed by atoms with E-state index in [2.05, 4.69) is 102 Å². The van der Waals surface area contributed by atoms with Crippen LogP contribution in [-0.2, 0) is 0 Å². The first kappa shape index (κ1) is 15.5. The number of rotatable bonds is 1. The fraction of sp³-hybridized carbons (Fsp3) is 0.0769. The van der Waals surface area contributed by atoms with Gasteiger partial charge in [-0.15, -0.1) is 0 Å². The molecule has 0 atom stereocenters. The van der Waals surface area contributed by atoms with Gasteiger partial charge < -0.3 is 9.55 Å². The lowest BCUT2D eigenvalue weighted by molar-refractivity contribution is 1.19. The Morgan fingerprint density at radius 1 is 0.643 bits per heavy atom. The lowest BCUT2D eigenvalue weighted by Crippen LogP contribution is -1.94. The zero-order valence-corrected chi connectivity index (χ0v) is 16.0. The molecule has 2 heteroatoms. The second-order valence-electron chi connectivity index (χ2n) is 7.65. The van der Waals surface area contributed by atoms with Gasteiger partial charge in [0, 0.05) is 32.7 Å². The maximum Gasteiger partial charge on any atom is 0.0641 e. The molecule has 0 radical (unpaired) electrons. The van der Waals surface area contributed by atoms with Crippen molar-refractivity contribution in [3.05, 3.63) is 90.0 Å². The van der Waals surface area contributed by atoms with E-state index in [4.69, 9.17) is 0 Å². The first-order valence-corrected chi connectivity index (χ1v) is 9.73. The number of nitrogens with zero attached hydrogens (tertiary/aromatic N) is 1. The van der Waals surface area contributed by atoms with Crippen LogP contribution < -0.4 is 0 Å². The molecule has 0 aliphatic rings. The van der Waals surface area contributed by atoms with E-state index in [1.807, 2.05) is 0 Å². The molecular formula is C26H20N2. The van der Waals surface area contributed by atoms with E-state index in [0.29, 0.717) is 0 Å². The number of para-hydroxylation sites is 3. The van der Waals surface area contributed by atoms with E-state index in [-0.39, 0.29) is 0 Å². The average molecular weight is 360 g/mol. The summed E-state index contributed by atoms with van der Waals surface area (Å²) in [7, 11) is 0. The fourth-order valence-electron chi connectivity index (χ4n) is 4.70. The highest BCUT2D eigenvalue weighted by Crippen LogP contribution is 2.41. The third kappa shape index (κ3) is 1.92. The van der Waals surface area contributed by atoms with Crippen LogP contribution in [0, 0.1) is 13.8 Å². The molecule has 0 bridgehead atoms. The molecule has 0 spiro atoms. The Kier molecular flexibility index (Phi) is 3.05. The van der Waals surface area contributed by atoms with Crippen molar-refractivity contribution in [2.75, 3.05) is 0 Å². The number of nitrogens with one attached hydrogen (secondary N) is 1. The Morgan fingerprint density at radius 2 is 1.39 bits per heavy atom.